The van der Waals surface area contributed by atoms with Crippen LogP contribution in [0.5, 0.6) is 0 Å². The van der Waals surface area contributed by atoms with E-state index in [9.17, 15) is 4.79 Å². The molecule has 0 unspecified atom stereocenters. The van der Waals surface area contributed by atoms with Gasteiger partial charge in [0.05, 0.1) is 4.34 Å². The van der Waals surface area contributed by atoms with Gasteiger partial charge in [0.15, 0.2) is 0 Å². The number of hydrogen-bond acceptors (Lipinski definition) is 3. The molecular weight excluding hydrogens is 292 g/mol. The number of amides is 1. The van der Waals surface area contributed by atoms with Crippen molar-refractivity contribution in [2.45, 2.75) is 6.42 Å². The highest BCUT2D eigenvalue weighted by molar-refractivity contribution is 7.16. The molecule has 0 radical (unpaired) electrons. The molecule has 20 heavy (non-hydrogen) atoms. The minimum Gasteiger partial charge on any atom is -0.399 e. The topological polar surface area (TPSA) is 55.1 Å². The Labute approximate surface area is 127 Å². The molecule has 0 bridgehead atoms. The van der Waals surface area contributed by atoms with Gasteiger partial charge < -0.3 is 11.1 Å². The second-order valence-electron chi connectivity index (χ2n) is 4.25. The Morgan fingerprint density at radius 2 is 2.20 bits per heavy atom. The first-order valence-corrected chi connectivity index (χ1v) is 7.38. The number of carbonyl (C=O) groups is 1. The zero-order valence-electron chi connectivity index (χ0n) is 10.8. The third-order valence-corrected chi connectivity index (χ3v) is 3.93. The van der Waals surface area contributed by atoms with Crippen molar-refractivity contribution in [1.82, 2.24) is 5.32 Å². The molecule has 0 fully saturated rings. The van der Waals surface area contributed by atoms with Crippen molar-refractivity contribution in [3.05, 3.63) is 57.3 Å². The number of thiophene rings is 1. The van der Waals surface area contributed by atoms with Crippen molar-refractivity contribution in [2.75, 3.05) is 12.3 Å². The number of carbonyl (C=O) groups excluding carboxylic acids is 1. The van der Waals surface area contributed by atoms with Crippen LogP contribution in [0.3, 0.4) is 0 Å². The van der Waals surface area contributed by atoms with Crippen molar-refractivity contribution in [1.29, 1.82) is 0 Å². The molecular formula is C15H15ClN2OS. The number of anilines is 1. The number of rotatable bonds is 5. The van der Waals surface area contributed by atoms with E-state index in [0.29, 0.717) is 12.2 Å². The number of nitrogen functional groups attached to an aromatic ring is 1. The summed E-state index contributed by atoms with van der Waals surface area (Å²) in [6.07, 6.45) is 4.04. The molecule has 5 heteroatoms. The van der Waals surface area contributed by atoms with Crippen LogP contribution in [0.1, 0.15) is 10.4 Å². The molecule has 0 saturated carbocycles. The molecule has 2 aromatic rings. The molecule has 3 nitrogen and oxygen atoms in total. The number of halogens is 1. The Kier molecular flexibility index (Phi) is 5.21. The van der Waals surface area contributed by atoms with Gasteiger partial charge in [0.25, 0.3) is 0 Å². The first kappa shape index (κ1) is 14.6. The average molecular weight is 307 g/mol. The van der Waals surface area contributed by atoms with Gasteiger partial charge >= 0.3 is 0 Å². The summed E-state index contributed by atoms with van der Waals surface area (Å²) < 4.78 is 0.771. The van der Waals surface area contributed by atoms with Crippen LogP contribution in [0.2, 0.25) is 4.34 Å². The van der Waals surface area contributed by atoms with Gasteiger partial charge in [0.2, 0.25) is 5.91 Å². The molecule has 0 spiro atoms. The van der Waals surface area contributed by atoms with Gasteiger partial charge in [-0.15, -0.1) is 11.3 Å². The lowest BCUT2D eigenvalue weighted by Gasteiger charge is -2.00. The summed E-state index contributed by atoms with van der Waals surface area (Å²) in [5, 5.41) is 2.83. The molecule has 104 valence electrons. The fourth-order valence-corrected chi connectivity index (χ4v) is 2.78. The van der Waals surface area contributed by atoms with Gasteiger partial charge in [-0.3, -0.25) is 4.79 Å². The van der Waals surface area contributed by atoms with E-state index in [4.69, 9.17) is 17.3 Å². The van der Waals surface area contributed by atoms with E-state index >= 15 is 0 Å². The summed E-state index contributed by atoms with van der Waals surface area (Å²) in [6.45, 7) is 0.594. The normalized spacial score (nSPS) is 10.8. The van der Waals surface area contributed by atoms with Crippen LogP contribution in [0, 0.1) is 0 Å². The Bertz CT molecular complexity index is 622. The summed E-state index contributed by atoms with van der Waals surface area (Å²) in [5.74, 6) is -0.116. The molecule has 0 aliphatic heterocycles. The smallest absolute Gasteiger partial charge is 0.244 e. The van der Waals surface area contributed by atoms with Gasteiger partial charge in [-0.05, 0) is 42.3 Å². The average Bonchev–Trinajstić information content (AvgIpc) is 2.82. The first-order chi connectivity index (χ1) is 9.63. The maximum absolute atomic E-state index is 11.6. The van der Waals surface area contributed by atoms with E-state index < -0.39 is 0 Å². The lowest BCUT2D eigenvalue weighted by atomic mass is 10.2. The van der Waals surface area contributed by atoms with Crippen LogP contribution >= 0.6 is 22.9 Å². The van der Waals surface area contributed by atoms with E-state index in [1.807, 2.05) is 36.4 Å². The number of nitrogens with two attached hydrogens (primary N) is 1. The molecule has 1 amide bonds. The highest BCUT2D eigenvalue weighted by Crippen LogP contribution is 2.21. The molecule has 0 saturated heterocycles. The first-order valence-electron chi connectivity index (χ1n) is 6.19. The molecule has 0 aliphatic carbocycles. The molecule has 1 aromatic heterocycles. The Hall–Kier alpha value is -1.78. The minimum atomic E-state index is -0.116. The highest BCUT2D eigenvalue weighted by atomic mass is 35.5. The quantitative estimate of drug-likeness (QED) is 0.657. The van der Waals surface area contributed by atoms with Gasteiger partial charge in [0, 0.05) is 23.2 Å². The van der Waals surface area contributed by atoms with Crippen molar-refractivity contribution in [3.63, 3.8) is 0 Å². The number of nitrogens with one attached hydrogen (secondary N) is 1. The highest BCUT2D eigenvalue weighted by Gasteiger charge is 1.99. The third-order valence-electron chi connectivity index (χ3n) is 2.64. The monoisotopic (exact) mass is 306 g/mol. The van der Waals surface area contributed by atoms with Crippen molar-refractivity contribution < 1.29 is 4.79 Å². The lowest BCUT2D eigenvalue weighted by Crippen LogP contribution is -2.23. The van der Waals surface area contributed by atoms with Crippen LogP contribution in [-0.4, -0.2) is 12.5 Å². The van der Waals surface area contributed by atoms with E-state index in [0.717, 1.165) is 21.2 Å². The van der Waals surface area contributed by atoms with E-state index in [1.165, 1.54) is 17.4 Å². The zero-order chi connectivity index (χ0) is 14.4. The second-order valence-corrected chi connectivity index (χ2v) is 6.05. The standard InChI is InChI=1S/C15H15ClN2OS/c16-14-6-5-13(20-14)8-9-18-15(19)7-4-11-2-1-3-12(17)10-11/h1-7,10H,8-9,17H2,(H,18,19)/b7-4+. The van der Waals surface area contributed by atoms with Crippen LogP contribution in [-0.2, 0) is 11.2 Å². The second kappa shape index (κ2) is 7.12. The lowest BCUT2D eigenvalue weighted by molar-refractivity contribution is -0.116. The van der Waals surface area contributed by atoms with Crippen LogP contribution in [0.25, 0.3) is 6.08 Å². The van der Waals surface area contributed by atoms with Gasteiger partial charge in [-0.2, -0.15) is 0 Å². The maximum atomic E-state index is 11.6. The third kappa shape index (κ3) is 4.72. The van der Waals surface area contributed by atoms with Crippen LogP contribution in [0.4, 0.5) is 5.69 Å². The molecule has 0 aliphatic rings. The zero-order valence-corrected chi connectivity index (χ0v) is 12.4. The largest absolute Gasteiger partial charge is 0.399 e. The Morgan fingerprint density at radius 3 is 2.90 bits per heavy atom. The molecule has 3 N–H and O–H groups in total. The molecule has 1 aromatic carbocycles. The van der Waals surface area contributed by atoms with Crippen LogP contribution < -0.4 is 11.1 Å². The number of benzene rings is 1. The SMILES string of the molecule is Nc1cccc(/C=C/C(=O)NCCc2ccc(Cl)s2)c1. The van der Waals surface area contributed by atoms with Crippen molar-refractivity contribution in [2.24, 2.45) is 0 Å². The Morgan fingerprint density at radius 1 is 1.35 bits per heavy atom. The van der Waals surface area contributed by atoms with Crippen LogP contribution in [0.15, 0.2) is 42.5 Å². The summed E-state index contributed by atoms with van der Waals surface area (Å²) in [7, 11) is 0. The maximum Gasteiger partial charge on any atom is 0.244 e. The summed E-state index contributed by atoms with van der Waals surface area (Å²) in [4.78, 5) is 12.8. The fourth-order valence-electron chi connectivity index (χ4n) is 1.69. The van der Waals surface area contributed by atoms with E-state index in [1.54, 1.807) is 6.08 Å². The molecule has 1 heterocycles. The van der Waals surface area contributed by atoms with E-state index in [-0.39, 0.29) is 5.91 Å². The molecule has 0 atom stereocenters. The molecule has 2 rings (SSSR count). The van der Waals surface area contributed by atoms with Crippen molar-refractivity contribution >= 4 is 40.6 Å². The number of hydrogen-bond donors (Lipinski definition) is 2. The summed E-state index contributed by atoms with van der Waals surface area (Å²) in [5.41, 5.74) is 7.26. The summed E-state index contributed by atoms with van der Waals surface area (Å²) in [6, 6.07) is 11.2. The fraction of sp³-hybridized carbons (Fsp3) is 0.133. The predicted octanol–water partition coefficient (Wildman–Crippen LogP) is 3.36. The minimum absolute atomic E-state index is 0.116. The summed E-state index contributed by atoms with van der Waals surface area (Å²) >= 11 is 7.38. The van der Waals surface area contributed by atoms with E-state index in [2.05, 4.69) is 5.32 Å². The Balaban J connectivity index is 1.78. The predicted molar refractivity (Wildman–Crippen MR) is 85.9 cm³/mol. The van der Waals surface area contributed by atoms with Gasteiger partial charge in [0.1, 0.15) is 0 Å². The van der Waals surface area contributed by atoms with Crippen molar-refractivity contribution in [3.8, 4) is 0 Å². The van der Waals surface area contributed by atoms with Gasteiger partial charge in [-0.1, -0.05) is 23.7 Å². The van der Waals surface area contributed by atoms with Gasteiger partial charge in [-0.25, -0.2) is 0 Å².